The smallest absolute Gasteiger partial charge is 0.221 e. The van der Waals surface area contributed by atoms with Gasteiger partial charge < -0.3 is 15.2 Å². The zero-order valence-corrected chi connectivity index (χ0v) is 16.2. The first-order valence-electron chi connectivity index (χ1n) is 9.62. The molecule has 0 aromatic heterocycles. The van der Waals surface area contributed by atoms with E-state index in [1.54, 1.807) is 18.2 Å². The van der Waals surface area contributed by atoms with Crippen LogP contribution in [0.15, 0.2) is 48.5 Å². The highest BCUT2D eigenvalue weighted by Crippen LogP contribution is 2.26. The van der Waals surface area contributed by atoms with Crippen molar-refractivity contribution in [3.63, 3.8) is 0 Å². The van der Waals surface area contributed by atoms with Crippen LogP contribution in [0.25, 0.3) is 0 Å². The van der Waals surface area contributed by atoms with Gasteiger partial charge in [0, 0.05) is 25.7 Å². The maximum absolute atomic E-state index is 13.7. The molecule has 2 aromatic rings. The molecule has 1 aliphatic rings. The number of nitrogens with one attached hydrogen (secondary N) is 1. The maximum atomic E-state index is 13.7. The number of rotatable bonds is 6. The molecule has 5 nitrogen and oxygen atoms in total. The number of hydrogen-bond donors (Lipinski definition) is 2. The first-order chi connectivity index (χ1) is 13.4. The second-order valence-corrected chi connectivity index (χ2v) is 7.45. The van der Waals surface area contributed by atoms with Crippen molar-refractivity contribution in [2.75, 3.05) is 25.0 Å². The molecular formula is C22H27FN2O3. The van der Waals surface area contributed by atoms with Gasteiger partial charge in [-0.15, -0.1) is 0 Å². The van der Waals surface area contributed by atoms with E-state index >= 15 is 0 Å². The van der Waals surface area contributed by atoms with Gasteiger partial charge in [-0.3, -0.25) is 9.69 Å². The van der Waals surface area contributed by atoms with Gasteiger partial charge in [0.15, 0.2) is 11.6 Å². The first kappa shape index (κ1) is 20.3. The summed E-state index contributed by atoms with van der Waals surface area (Å²) in [4.78, 5) is 13.4. The lowest BCUT2D eigenvalue weighted by molar-refractivity contribution is -0.114. The Balaban J connectivity index is 1.52. The van der Waals surface area contributed by atoms with Gasteiger partial charge in [0.25, 0.3) is 0 Å². The number of aliphatic hydroxyl groups is 1. The minimum absolute atomic E-state index is 0.0860. The van der Waals surface area contributed by atoms with Gasteiger partial charge in [-0.1, -0.05) is 24.3 Å². The van der Waals surface area contributed by atoms with Crippen LogP contribution in [0.1, 0.15) is 31.7 Å². The molecule has 2 aromatic carbocycles. The van der Waals surface area contributed by atoms with Crippen molar-refractivity contribution in [1.29, 1.82) is 0 Å². The maximum Gasteiger partial charge on any atom is 0.221 e. The zero-order chi connectivity index (χ0) is 20.0. The number of nitrogens with zero attached hydrogens (tertiary/aromatic N) is 1. The SMILES string of the molecule is CC(=O)Nc1ccc(CN2CCC[C@@](O)(COc3ccccc3F)CC2)cc1. The Labute approximate surface area is 165 Å². The molecule has 1 fully saturated rings. The number of amides is 1. The fraction of sp³-hybridized carbons (Fsp3) is 0.409. The minimum Gasteiger partial charge on any atom is -0.488 e. The highest BCUT2D eigenvalue weighted by molar-refractivity contribution is 5.88. The Morgan fingerprint density at radius 2 is 1.93 bits per heavy atom. The Bertz CT molecular complexity index is 797. The number of anilines is 1. The van der Waals surface area contributed by atoms with Crippen LogP contribution in [0.2, 0.25) is 0 Å². The molecular weight excluding hydrogens is 359 g/mol. The van der Waals surface area contributed by atoms with E-state index in [-0.39, 0.29) is 18.3 Å². The molecule has 1 atom stereocenters. The molecule has 0 bridgehead atoms. The largest absolute Gasteiger partial charge is 0.488 e. The molecule has 28 heavy (non-hydrogen) atoms. The predicted molar refractivity (Wildman–Crippen MR) is 107 cm³/mol. The van der Waals surface area contributed by atoms with Gasteiger partial charge in [0.2, 0.25) is 5.91 Å². The Kier molecular flexibility index (Phi) is 6.65. The normalized spacial score (nSPS) is 20.4. The van der Waals surface area contributed by atoms with E-state index in [1.807, 2.05) is 24.3 Å². The van der Waals surface area contributed by atoms with Crippen molar-refractivity contribution in [1.82, 2.24) is 4.90 Å². The highest BCUT2D eigenvalue weighted by Gasteiger charge is 2.31. The number of benzene rings is 2. The lowest BCUT2D eigenvalue weighted by Gasteiger charge is -2.27. The van der Waals surface area contributed by atoms with Crippen LogP contribution in [0, 0.1) is 5.82 Å². The van der Waals surface area contributed by atoms with Gasteiger partial charge in [-0.05, 0) is 55.6 Å². The third-order valence-electron chi connectivity index (χ3n) is 5.02. The number of hydrogen-bond acceptors (Lipinski definition) is 4. The van der Waals surface area contributed by atoms with Crippen LogP contribution >= 0.6 is 0 Å². The van der Waals surface area contributed by atoms with Gasteiger partial charge in [0.1, 0.15) is 6.61 Å². The first-order valence-corrected chi connectivity index (χ1v) is 9.62. The average Bonchev–Trinajstić information content (AvgIpc) is 2.84. The second kappa shape index (κ2) is 9.17. The number of para-hydroxylation sites is 1. The van der Waals surface area contributed by atoms with E-state index in [0.29, 0.717) is 12.8 Å². The molecule has 1 amide bonds. The summed E-state index contributed by atoms with van der Waals surface area (Å²) >= 11 is 0. The van der Waals surface area contributed by atoms with Crippen molar-refractivity contribution in [2.45, 2.75) is 38.3 Å². The molecule has 0 aliphatic carbocycles. The van der Waals surface area contributed by atoms with Crippen LogP contribution in [0.3, 0.4) is 0 Å². The number of carbonyl (C=O) groups excluding carboxylic acids is 1. The molecule has 0 saturated carbocycles. The minimum atomic E-state index is -0.952. The zero-order valence-electron chi connectivity index (χ0n) is 16.2. The summed E-state index contributed by atoms with van der Waals surface area (Å²) in [7, 11) is 0. The molecule has 1 heterocycles. The summed E-state index contributed by atoms with van der Waals surface area (Å²) < 4.78 is 19.3. The molecule has 2 N–H and O–H groups in total. The van der Waals surface area contributed by atoms with Crippen molar-refractivity contribution in [3.05, 3.63) is 59.9 Å². The van der Waals surface area contributed by atoms with Crippen LogP contribution < -0.4 is 10.1 Å². The van der Waals surface area contributed by atoms with E-state index in [4.69, 9.17) is 4.74 Å². The lowest BCUT2D eigenvalue weighted by Crippen LogP contribution is -2.37. The Morgan fingerprint density at radius 3 is 2.64 bits per heavy atom. The molecule has 1 saturated heterocycles. The number of carbonyl (C=O) groups is 1. The monoisotopic (exact) mass is 386 g/mol. The van der Waals surface area contributed by atoms with E-state index in [2.05, 4.69) is 10.2 Å². The number of likely N-dealkylation sites (tertiary alicyclic amines) is 1. The highest BCUT2D eigenvalue weighted by atomic mass is 19.1. The fourth-order valence-corrected chi connectivity index (χ4v) is 3.47. The standard InChI is InChI=1S/C22H27FN2O3/c1-17(26)24-19-9-7-18(8-10-19)15-25-13-4-11-22(27,12-14-25)16-28-21-6-3-2-5-20(21)23/h2-3,5-10,27H,4,11-16H2,1H3,(H,24,26)/t22-/m0/s1. The molecule has 0 radical (unpaired) electrons. The number of ether oxygens (including phenoxy) is 1. The van der Waals surface area contributed by atoms with Crippen molar-refractivity contribution < 1.29 is 19.0 Å². The summed E-state index contributed by atoms with van der Waals surface area (Å²) in [6, 6.07) is 14.1. The predicted octanol–water partition coefficient (Wildman–Crippen LogP) is 3.58. The quantitative estimate of drug-likeness (QED) is 0.797. The van der Waals surface area contributed by atoms with E-state index < -0.39 is 11.4 Å². The molecule has 3 rings (SSSR count). The summed E-state index contributed by atoms with van der Waals surface area (Å²) in [6.45, 7) is 3.99. The average molecular weight is 386 g/mol. The second-order valence-electron chi connectivity index (χ2n) is 7.45. The fourth-order valence-electron chi connectivity index (χ4n) is 3.47. The summed E-state index contributed by atoms with van der Waals surface area (Å²) in [5, 5.41) is 13.7. The third-order valence-corrected chi connectivity index (χ3v) is 5.02. The van der Waals surface area contributed by atoms with Gasteiger partial charge in [-0.2, -0.15) is 0 Å². The van der Waals surface area contributed by atoms with Gasteiger partial charge >= 0.3 is 0 Å². The summed E-state index contributed by atoms with van der Waals surface area (Å²) in [6.07, 6.45) is 2.05. The van der Waals surface area contributed by atoms with Crippen molar-refractivity contribution in [3.8, 4) is 5.75 Å². The number of halogens is 1. The van der Waals surface area contributed by atoms with Crippen LogP contribution in [-0.4, -0.2) is 41.2 Å². The van der Waals surface area contributed by atoms with Crippen LogP contribution in [0.4, 0.5) is 10.1 Å². The Hall–Kier alpha value is -2.44. The lowest BCUT2D eigenvalue weighted by atomic mass is 9.96. The molecule has 6 heteroatoms. The van der Waals surface area contributed by atoms with Gasteiger partial charge in [-0.25, -0.2) is 4.39 Å². The Morgan fingerprint density at radius 1 is 1.18 bits per heavy atom. The molecule has 150 valence electrons. The van der Waals surface area contributed by atoms with E-state index in [9.17, 15) is 14.3 Å². The van der Waals surface area contributed by atoms with Crippen LogP contribution in [-0.2, 0) is 11.3 Å². The van der Waals surface area contributed by atoms with E-state index in [0.717, 1.165) is 37.3 Å². The van der Waals surface area contributed by atoms with E-state index in [1.165, 1.54) is 13.0 Å². The van der Waals surface area contributed by atoms with Crippen molar-refractivity contribution in [2.24, 2.45) is 0 Å². The van der Waals surface area contributed by atoms with Gasteiger partial charge in [0.05, 0.1) is 5.60 Å². The van der Waals surface area contributed by atoms with Crippen molar-refractivity contribution >= 4 is 11.6 Å². The summed E-state index contributed by atoms with van der Waals surface area (Å²) in [5.41, 5.74) is 0.987. The summed E-state index contributed by atoms with van der Waals surface area (Å²) in [5.74, 6) is -0.322. The molecule has 0 unspecified atom stereocenters. The van der Waals surface area contributed by atoms with Crippen LogP contribution in [0.5, 0.6) is 5.75 Å². The third kappa shape index (κ3) is 5.78. The molecule has 1 aliphatic heterocycles. The molecule has 0 spiro atoms. The topological polar surface area (TPSA) is 61.8 Å².